The molecule has 1 amide bonds. The molecule has 0 rings (SSSR count). The number of ether oxygens (including phenoxy) is 1. The van der Waals surface area contributed by atoms with Crippen LogP contribution in [0.15, 0.2) is 24.3 Å². The molecule has 336 valence electrons. The van der Waals surface area contributed by atoms with E-state index in [1.54, 1.807) is 6.08 Å². The van der Waals surface area contributed by atoms with Gasteiger partial charge in [0.05, 0.1) is 25.4 Å². The molecule has 57 heavy (non-hydrogen) atoms. The Morgan fingerprint density at radius 1 is 0.474 bits per heavy atom. The number of allylic oxidation sites excluding steroid dienone is 3. The third-order valence-electron chi connectivity index (χ3n) is 11.5. The van der Waals surface area contributed by atoms with Crippen LogP contribution in [0.5, 0.6) is 0 Å². The van der Waals surface area contributed by atoms with Crippen molar-refractivity contribution in [3.05, 3.63) is 24.3 Å². The summed E-state index contributed by atoms with van der Waals surface area (Å²) < 4.78 is 5.46. The summed E-state index contributed by atoms with van der Waals surface area (Å²) in [6.07, 6.45) is 54.6. The molecule has 0 saturated heterocycles. The highest BCUT2D eigenvalue weighted by molar-refractivity contribution is 5.76. The van der Waals surface area contributed by atoms with Crippen molar-refractivity contribution < 1.29 is 24.5 Å². The van der Waals surface area contributed by atoms with Gasteiger partial charge in [0.2, 0.25) is 5.91 Å². The molecule has 0 aromatic heterocycles. The topological polar surface area (TPSA) is 95.9 Å². The number of esters is 1. The molecule has 0 fully saturated rings. The summed E-state index contributed by atoms with van der Waals surface area (Å²) >= 11 is 0. The maximum absolute atomic E-state index is 12.4. The van der Waals surface area contributed by atoms with E-state index >= 15 is 0 Å². The average molecular weight is 804 g/mol. The lowest BCUT2D eigenvalue weighted by molar-refractivity contribution is -0.143. The first-order valence-corrected chi connectivity index (χ1v) is 25.1. The number of unbranched alkanes of at least 4 members (excludes halogenated alkanes) is 33. The van der Waals surface area contributed by atoms with E-state index < -0.39 is 12.1 Å². The molecule has 0 radical (unpaired) electrons. The number of nitrogens with one attached hydrogen (secondary N) is 1. The van der Waals surface area contributed by atoms with Gasteiger partial charge in [-0.25, -0.2) is 0 Å². The Morgan fingerprint density at radius 3 is 1.25 bits per heavy atom. The molecule has 0 bridgehead atoms. The SMILES string of the molecule is CCCCCCC/C=C\CCCCCCCC(=O)OCCCCCCCCCCCCCCCCCCC(=O)NC(CO)C(O)/C=C/CCCCCCCCCC. The molecule has 0 aromatic carbocycles. The third-order valence-corrected chi connectivity index (χ3v) is 11.5. The van der Waals surface area contributed by atoms with Crippen molar-refractivity contribution in [2.24, 2.45) is 0 Å². The molecule has 0 spiro atoms. The number of hydrogen-bond acceptors (Lipinski definition) is 5. The fourth-order valence-electron chi connectivity index (χ4n) is 7.57. The summed E-state index contributed by atoms with van der Waals surface area (Å²) in [6.45, 7) is 4.85. The van der Waals surface area contributed by atoms with E-state index in [1.165, 1.54) is 193 Å². The highest BCUT2D eigenvalue weighted by Gasteiger charge is 2.18. The molecule has 6 heteroatoms. The fourth-order valence-corrected chi connectivity index (χ4v) is 7.57. The lowest BCUT2D eigenvalue weighted by atomic mass is 10.0. The number of amides is 1. The molecule has 0 saturated carbocycles. The van der Waals surface area contributed by atoms with Crippen LogP contribution in [0.1, 0.15) is 264 Å². The van der Waals surface area contributed by atoms with Crippen LogP contribution >= 0.6 is 0 Å². The summed E-state index contributed by atoms with van der Waals surface area (Å²) in [5.41, 5.74) is 0. The Labute approximate surface area is 354 Å². The van der Waals surface area contributed by atoms with Crippen molar-refractivity contribution in [3.63, 3.8) is 0 Å². The van der Waals surface area contributed by atoms with Crippen LogP contribution in [0.25, 0.3) is 0 Å². The summed E-state index contributed by atoms with van der Waals surface area (Å²) in [5, 5.41) is 22.9. The Bertz CT molecular complexity index is 889. The largest absolute Gasteiger partial charge is 0.466 e. The van der Waals surface area contributed by atoms with Crippen molar-refractivity contribution in [2.45, 2.75) is 276 Å². The molecule has 6 nitrogen and oxygen atoms in total. The highest BCUT2D eigenvalue weighted by atomic mass is 16.5. The van der Waals surface area contributed by atoms with Crippen molar-refractivity contribution in [2.75, 3.05) is 13.2 Å². The van der Waals surface area contributed by atoms with Gasteiger partial charge in [-0.15, -0.1) is 0 Å². The van der Waals surface area contributed by atoms with Crippen LogP contribution in [0, 0.1) is 0 Å². The van der Waals surface area contributed by atoms with E-state index in [1.807, 2.05) is 6.08 Å². The van der Waals surface area contributed by atoms with E-state index in [4.69, 9.17) is 4.74 Å². The number of rotatable bonds is 46. The van der Waals surface area contributed by atoms with Crippen LogP contribution in [-0.2, 0) is 14.3 Å². The highest BCUT2D eigenvalue weighted by Crippen LogP contribution is 2.15. The van der Waals surface area contributed by atoms with Gasteiger partial charge in [-0.05, 0) is 57.8 Å². The van der Waals surface area contributed by atoms with Crippen LogP contribution in [0.2, 0.25) is 0 Å². The van der Waals surface area contributed by atoms with Crippen LogP contribution < -0.4 is 5.32 Å². The molecule has 3 N–H and O–H groups in total. The zero-order chi connectivity index (χ0) is 41.5. The van der Waals surface area contributed by atoms with Gasteiger partial charge in [0.15, 0.2) is 0 Å². The van der Waals surface area contributed by atoms with Gasteiger partial charge >= 0.3 is 5.97 Å². The predicted octanol–water partition coefficient (Wildman–Crippen LogP) is 14.7. The van der Waals surface area contributed by atoms with Crippen molar-refractivity contribution >= 4 is 11.9 Å². The van der Waals surface area contributed by atoms with Gasteiger partial charge in [-0.2, -0.15) is 0 Å². The zero-order valence-corrected chi connectivity index (χ0v) is 38.1. The first-order chi connectivity index (χ1) is 28.0. The first kappa shape index (κ1) is 55.3. The number of carbonyl (C=O) groups excluding carboxylic acids is 2. The average Bonchev–Trinajstić information content (AvgIpc) is 3.21. The number of carbonyl (C=O) groups is 2. The Balaban J connectivity index is 3.43. The minimum absolute atomic E-state index is 0.00704. The molecule has 2 unspecified atom stereocenters. The number of aliphatic hydroxyl groups is 2. The van der Waals surface area contributed by atoms with E-state index in [2.05, 4.69) is 31.3 Å². The first-order valence-electron chi connectivity index (χ1n) is 25.1. The van der Waals surface area contributed by atoms with E-state index in [-0.39, 0.29) is 18.5 Å². The minimum atomic E-state index is -0.846. The lowest BCUT2D eigenvalue weighted by Gasteiger charge is -2.20. The van der Waals surface area contributed by atoms with Crippen LogP contribution in [0.3, 0.4) is 0 Å². The summed E-state index contributed by atoms with van der Waals surface area (Å²) in [6, 6.07) is -0.631. The van der Waals surface area contributed by atoms with Gasteiger partial charge in [-0.3, -0.25) is 9.59 Å². The fraction of sp³-hybridized carbons (Fsp3) is 0.882. The van der Waals surface area contributed by atoms with Crippen LogP contribution in [-0.4, -0.2) is 47.4 Å². The smallest absolute Gasteiger partial charge is 0.305 e. The second-order valence-electron chi connectivity index (χ2n) is 17.1. The third kappa shape index (κ3) is 43.7. The van der Waals surface area contributed by atoms with E-state index in [9.17, 15) is 19.8 Å². The second kappa shape index (κ2) is 47.0. The second-order valence-corrected chi connectivity index (χ2v) is 17.1. The Morgan fingerprint density at radius 2 is 0.825 bits per heavy atom. The molecule has 0 aliphatic heterocycles. The Kier molecular flexibility index (Phi) is 45.7. The van der Waals surface area contributed by atoms with Gasteiger partial charge in [0, 0.05) is 12.8 Å². The van der Waals surface area contributed by atoms with Crippen molar-refractivity contribution in [1.29, 1.82) is 0 Å². The maximum Gasteiger partial charge on any atom is 0.305 e. The maximum atomic E-state index is 12.4. The predicted molar refractivity (Wildman–Crippen MR) is 246 cm³/mol. The standard InChI is InChI=1S/C51H97NO5/c1-3-5-7-9-11-13-15-16-22-25-29-33-37-41-45-51(56)57-46-42-38-34-30-26-23-20-18-17-19-21-24-28-32-36-40-44-50(55)52-48(47-53)49(54)43-39-35-31-27-14-12-10-8-6-4-2/h15-16,39,43,48-49,53-54H,3-14,17-38,40-42,44-47H2,1-2H3,(H,52,55)/b16-15-,43-39+. The zero-order valence-electron chi connectivity index (χ0n) is 38.1. The molecule has 0 heterocycles. The molecular formula is C51H97NO5. The molecule has 0 aromatic rings. The number of hydrogen-bond donors (Lipinski definition) is 3. The monoisotopic (exact) mass is 804 g/mol. The Hall–Kier alpha value is -1.66. The van der Waals surface area contributed by atoms with Gasteiger partial charge in [0.25, 0.3) is 0 Å². The van der Waals surface area contributed by atoms with Crippen molar-refractivity contribution in [3.8, 4) is 0 Å². The van der Waals surface area contributed by atoms with Gasteiger partial charge < -0.3 is 20.3 Å². The quantitative estimate of drug-likeness (QED) is 0.0324. The molecule has 2 atom stereocenters. The number of aliphatic hydroxyl groups excluding tert-OH is 2. The van der Waals surface area contributed by atoms with Crippen molar-refractivity contribution in [1.82, 2.24) is 5.32 Å². The normalized spacial score (nSPS) is 12.8. The molecule has 0 aliphatic rings. The summed E-state index contributed by atoms with van der Waals surface area (Å²) in [4.78, 5) is 24.4. The lowest BCUT2D eigenvalue weighted by Crippen LogP contribution is -2.45. The van der Waals surface area contributed by atoms with Gasteiger partial charge in [0.1, 0.15) is 0 Å². The van der Waals surface area contributed by atoms with E-state index in [0.29, 0.717) is 19.4 Å². The van der Waals surface area contributed by atoms with Gasteiger partial charge in [-0.1, -0.05) is 218 Å². The minimum Gasteiger partial charge on any atom is -0.466 e. The summed E-state index contributed by atoms with van der Waals surface area (Å²) in [5.74, 6) is -0.0843. The summed E-state index contributed by atoms with van der Waals surface area (Å²) in [7, 11) is 0. The molecular weight excluding hydrogens is 707 g/mol. The van der Waals surface area contributed by atoms with Crippen LogP contribution in [0.4, 0.5) is 0 Å². The molecule has 0 aliphatic carbocycles. The van der Waals surface area contributed by atoms with E-state index in [0.717, 1.165) is 44.9 Å².